The van der Waals surface area contributed by atoms with Gasteiger partial charge in [0.15, 0.2) is 0 Å². The first-order valence-electron chi connectivity index (χ1n) is 8.39. The minimum atomic E-state index is -0.768. The van der Waals surface area contributed by atoms with Gasteiger partial charge in [-0.3, -0.25) is 0 Å². The van der Waals surface area contributed by atoms with E-state index in [1.807, 2.05) is 37.3 Å². The average Bonchev–Trinajstić information content (AvgIpc) is 2.46. The van der Waals surface area contributed by atoms with Crippen molar-refractivity contribution in [1.29, 1.82) is 0 Å². The predicted molar refractivity (Wildman–Crippen MR) is 93.9 cm³/mol. The second-order valence-corrected chi connectivity index (χ2v) is 6.94. The van der Waals surface area contributed by atoms with Gasteiger partial charge in [-0.2, -0.15) is 0 Å². The molecule has 1 aromatic carbocycles. The lowest BCUT2D eigenvalue weighted by molar-refractivity contribution is -0.151. The van der Waals surface area contributed by atoms with Crippen LogP contribution in [0.25, 0.3) is 0 Å². The summed E-state index contributed by atoms with van der Waals surface area (Å²) in [5.74, 6) is -0.355. The van der Waals surface area contributed by atoms with E-state index in [1.54, 1.807) is 27.7 Å². The molecule has 5 heteroatoms. The number of benzene rings is 1. The molecule has 0 radical (unpaired) electrons. The number of hydrogen-bond acceptors (Lipinski definition) is 4. The fraction of sp³-hybridized carbons (Fsp3) is 0.579. The van der Waals surface area contributed by atoms with Crippen LogP contribution in [0.2, 0.25) is 0 Å². The van der Waals surface area contributed by atoms with Gasteiger partial charge in [-0.15, -0.1) is 0 Å². The van der Waals surface area contributed by atoms with Crippen LogP contribution < -0.4 is 5.32 Å². The quantitative estimate of drug-likeness (QED) is 0.797. The third-order valence-corrected chi connectivity index (χ3v) is 3.62. The van der Waals surface area contributed by atoms with Gasteiger partial charge >= 0.3 is 12.1 Å². The van der Waals surface area contributed by atoms with Gasteiger partial charge in [0.2, 0.25) is 0 Å². The maximum Gasteiger partial charge on any atom is 0.408 e. The topological polar surface area (TPSA) is 64.6 Å². The molecule has 1 N–H and O–H groups in total. The van der Waals surface area contributed by atoms with E-state index in [9.17, 15) is 9.59 Å². The first kappa shape index (κ1) is 20.0. The van der Waals surface area contributed by atoms with Crippen molar-refractivity contribution in [3.8, 4) is 0 Å². The van der Waals surface area contributed by atoms with E-state index in [-0.39, 0.29) is 12.0 Å². The van der Waals surface area contributed by atoms with Crippen LogP contribution in [0.4, 0.5) is 4.79 Å². The molecule has 0 aliphatic heterocycles. The van der Waals surface area contributed by atoms with Crippen molar-refractivity contribution in [3.05, 3.63) is 35.9 Å². The predicted octanol–water partition coefficient (Wildman–Crippen LogP) is 4.03. The SMILES string of the molecule is CCC(c1ccccc1)C(C)OC(=O)[C@H](C)NC(=O)OC(C)(C)C. The third-order valence-electron chi connectivity index (χ3n) is 3.62. The number of nitrogens with one attached hydrogen (secondary N) is 1. The Kier molecular flexibility index (Phi) is 7.26. The second kappa shape index (κ2) is 8.71. The summed E-state index contributed by atoms with van der Waals surface area (Å²) in [6.07, 6.45) is -0.0609. The first-order valence-corrected chi connectivity index (χ1v) is 8.39. The van der Waals surface area contributed by atoms with Crippen LogP contribution in [0, 0.1) is 0 Å². The zero-order chi connectivity index (χ0) is 18.3. The van der Waals surface area contributed by atoms with Crippen molar-refractivity contribution >= 4 is 12.1 Å². The van der Waals surface area contributed by atoms with Crippen molar-refractivity contribution in [2.45, 2.75) is 71.6 Å². The van der Waals surface area contributed by atoms with Crippen LogP contribution in [0.3, 0.4) is 0 Å². The van der Waals surface area contributed by atoms with Crippen LogP contribution in [-0.4, -0.2) is 29.8 Å². The summed E-state index contributed by atoms with van der Waals surface area (Å²) < 4.78 is 10.7. The minimum absolute atomic E-state index is 0.115. The molecule has 0 saturated heterocycles. The van der Waals surface area contributed by atoms with Crippen molar-refractivity contribution < 1.29 is 19.1 Å². The molecule has 24 heavy (non-hydrogen) atoms. The van der Waals surface area contributed by atoms with Crippen molar-refractivity contribution in [2.75, 3.05) is 0 Å². The van der Waals surface area contributed by atoms with Gasteiger partial charge in [-0.1, -0.05) is 37.3 Å². The monoisotopic (exact) mass is 335 g/mol. The molecule has 0 bridgehead atoms. The summed E-state index contributed by atoms with van der Waals surface area (Å²) in [4.78, 5) is 23.9. The lowest BCUT2D eigenvalue weighted by Gasteiger charge is -2.25. The molecule has 0 saturated carbocycles. The molecule has 1 amide bonds. The number of esters is 1. The highest BCUT2D eigenvalue weighted by Crippen LogP contribution is 2.25. The fourth-order valence-corrected chi connectivity index (χ4v) is 2.45. The molecule has 1 aromatic rings. The number of carbonyl (C=O) groups excluding carboxylic acids is 2. The number of amides is 1. The van der Waals surface area contributed by atoms with Gasteiger partial charge < -0.3 is 14.8 Å². The Morgan fingerprint density at radius 2 is 1.71 bits per heavy atom. The summed E-state index contributed by atoms with van der Waals surface area (Å²) >= 11 is 0. The highest BCUT2D eigenvalue weighted by Gasteiger charge is 2.26. The molecule has 0 aromatic heterocycles. The van der Waals surface area contributed by atoms with Gasteiger partial charge in [-0.05, 0) is 46.6 Å². The summed E-state index contributed by atoms with van der Waals surface area (Å²) in [6, 6.07) is 9.19. The highest BCUT2D eigenvalue weighted by molar-refractivity contribution is 5.81. The molecular formula is C19H29NO4. The minimum Gasteiger partial charge on any atom is -0.461 e. The normalized spacial score (nSPS) is 15.1. The van der Waals surface area contributed by atoms with E-state index in [0.717, 1.165) is 12.0 Å². The van der Waals surface area contributed by atoms with Gasteiger partial charge in [0, 0.05) is 5.92 Å². The zero-order valence-electron chi connectivity index (χ0n) is 15.5. The third kappa shape index (κ3) is 6.60. The Bertz CT molecular complexity index is 536. The molecule has 0 fully saturated rings. The number of hydrogen-bond donors (Lipinski definition) is 1. The largest absolute Gasteiger partial charge is 0.461 e. The van der Waals surface area contributed by atoms with Gasteiger partial charge in [0.05, 0.1) is 0 Å². The Labute approximate surface area is 144 Å². The summed E-state index contributed by atoms with van der Waals surface area (Å²) in [5, 5.41) is 2.50. The summed E-state index contributed by atoms with van der Waals surface area (Å²) in [5.41, 5.74) is 0.523. The second-order valence-electron chi connectivity index (χ2n) is 6.94. The molecule has 2 unspecified atom stereocenters. The average molecular weight is 335 g/mol. The molecule has 1 rings (SSSR count). The molecule has 0 heterocycles. The Morgan fingerprint density at radius 3 is 2.21 bits per heavy atom. The summed E-state index contributed by atoms with van der Waals surface area (Å²) in [6.45, 7) is 10.8. The Balaban J connectivity index is 2.60. The molecule has 5 nitrogen and oxygen atoms in total. The van der Waals surface area contributed by atoms with Crippen molar-refractivity contribution in [1.82, 2.24) is 5.32 Å². The molecule has 3 atom stereocenters. The number of alkyl carbamates (subject to hydrolysis) is 1. The molecule has 0 spiro atoms. The first-order chi connectivity index (χ1) is 11.1. The van der Waals surface area contributed by atoms with E-state index >= 15 is 0 Å². The number of rotatable bonds is 6. The van der Waals surface area contributed by atoms with Crippen molar-refractivity contribution in [2.24, 2.45) is 0 Å². The van der Waals surface area contributed by atoms with Crippen LogP contribution in [0.5, 0.6) is 0 Å². The number of carbonyl (C=O) groups is 2. The van der Waals surface area contributed by atoms with Crippen LogP contribution in [0.1, 0.15) is 59.4 Å². The standard InChI is InChI=1S/C19H29NO4/c1-7-16(15-11-9-8-10-12-15)14(3)23-17(21)13(2)20-18(22)24-19(4,5)6/h8-14,16H,7H2,1-6H3,(H,20,22)/t13-,14?,16?/m0/s1. The number of ether oxygens (including phenoxy) is 2. The van der Waals surface area contributed by atoms with Crippen LogP contribution >= 0.6 is 0 Å². The Morgan fingerprint density at radius 1 is 1.12 bits per heavy atom. The Hall–Kier alpha value is -2.04. The van der Waals surface area contributed by atoms with E-state index in [2.05, 4.69) is 12.2 Å². The molecule has 0 aliphatic carbocycles. The fourth-order valence-electron chi connectivity index (χ4n) is 2.45. The summed E-state index contributed by atoms with van der Waals surface area (Å²) in [7, 11) is 0. The van der Waals surface area contributed by atoms with Gasteiger partial charge in [0.1, 0.15) is 17.7 Å². The highest BCUT2D eigenvalue weighted by atomic mass is 16.6. The lowest BCUT2D eigenvalue weighted by Crippen LogP contribution is -2.43. The lowest BCUT2D eigenvalue weighted by atomic mass is 9.92. The van der Waals surface area contributed by atoms with E-state index in [1.165, 1.54) is 0 Å². The molecule has 134 valence electrons. The zero-order valence-corrected chi connectivity index (χ0v) is 15.5. The van der Waals surface area contributed by atoms with Crippen molar-refractivity contribution in [3.63, 3.8) is 0 Å². The smallest absolute Gasteiger partial charge is 0.408 e. The van der Waals surface area contributed by atoms with E-state index < -0.39 is 23.7 Å². The van der Waals surface area contributed by atoms with Gasteiger partial charge in [0.25, 0.3) is 0 Å². The van der Waals surface area contributed by atoms with Crippen LogP contribution in [0.15, 0.2) is 30.3 Å². The van der Waals surface area contributed by atoms with Crippen LogP contribution in [-0.2, 0) is 14.3 Å². The maximum atomic E-state index is 12.2. The van der Waals surface area contributed by atoms with Gasteiger partial charge in [-0.25, -0.2) is 9.59 Å². The van der Waals surface area contributed by atoms with E-state index in [4.69, 9.17) is 9.47 Å². The molecular weight excluding hydrogens is 306 g/mol. The molecule has 0 aliphatic rings. The van der Waals surface area contributed by atoms with E-state index in [0.29, 0.717) is 0 Å². The maximum absolute atomic E-state index is 12.2.